The Kier molecular flexibility index (Phi) is 2.53. The second-order valence-corrected chi connectivity index (χ2v) is 7.81. The van der Waals surface area contributed by atoms with E-state index in [1.165, 1.54) is 0 Å². The number of aliphatic hydroxyl groups excluding tert-OH is 1. The van der Waals surface area contributed by atoms with Gasteiger partial charge >= 0.3 is 0 Å². The molecule has 4 unspecified atom stereocenters. The number of nitrogens with zero attached hydrogens (tertiary/aromatic N) is 1. The van der Waals surface area contributed by atoms with Gasteiger partial charge in [0.05, 0.1) is 17.6 Å². The van der Waals surface area contributed by atoms with Gasteiger partial charge in [0, 0.05) is 25.0 Å². The third-order valence-electron chi connectivity index (χ3n) is 4.57. The Bertz CT molecular complexity index is 381. The van der Waals surface area contributed by atoms with Crippen molar-refractivity contribution >= 4 is 9.84 Å². The Labute approximate surface area is 96.6 Å². The van der Waals surface area contributed by atoms with E-state index in [4.69, 9.17) is 0 Å². The van der Waals surface area contributed by atoms with Gasteiger partial charge in [0.2, 0.25) is 0 Å². The molecule has 92 valence electrons. The quantitative estimate of drug-likeness (QED) is 0.699. The molecule has 2 saturated heterocycles. The van der Waals surface area contributed by atoms with Gasteiger partial charge < -0.3 is 5.11 Å². The Hall–Kier alpha value is -0.130. The Morgan fingerprint density at radius 1 is 1.12 bits per heavy atom. The van der Waals surface area contributed by atoms with Crippen LogP contribution in [0.5, 0.6) is 0 Å². The molecule has 2 heterocycles. The number of hydrogen-bond donors (Lipinski definition) is 1. The zero-order valence-electron chi connectivity index (χ0n) is 9.38. The highest BCUT2D eigenvalue weighted by Gasteiger charge is 2.45. The molecule has 4 nitrogen and oxygen atoms in total. The Balaban J connectivity index is 1.67. The van der Waals surface area contributed by atoms with Gasteiger partial charge in [-0.05, 0) is 25.2 Å². The zero-order valence-corrected chi connectivity index (χ0v) is 10.2. The molecule has 0 aromatic carbocycles. The molecular weight excluding hydrogens is 226 g/mol. The lowest BCUT2D eigenvalue weighted by Crippen LogP contribution is -2.35. The van der Waals surface area contributed by atoms with Gasteiger partial charge in [0.1, 0.15) is 0 Å². The fraction of sp³-hybridized carbons (Fsp3) is 1.00. The maximum atomic E-state index is 11.4. The maximum Gasteiger partial charge on any atom is 0.151 e. The topological polar surface area (TPSA) is 57.6 Å². The zero-order chi connectivity index (χ0) is 11.3. The standard InChI is InChI=1S/C11H19NO3S/c13-11-2-1-8-5-12(6-10(8)11)9-3-4-16(14,15)7-9/h8-11,13H,1-7H2. The summed E-state index contributed by atoms with van der Waals surface area (Å²) >= 11 is 0. The molecule has 1 aliphatic carbocycles. The first kappa shape index (κ1) is 11.0. The average molecular weight is 245 g/mol. The van der Waals surface area contributed by atoms with E-state index in [0.717, 1.165) is 32.4 Å². The number of rotatable bonds is 1. The fourth-order valence-corrected chi connectivity index (χ4v) is 5.39. The average Bonchev–Trinajstić information content (AvgIpc) is 2.83. The van der Waals surface area contributed by atoms with Gasteiger partial charge in [-0.25, -0.2) is 8.42 Å². The van der Waals surface area contributed by atoms with Crippen LogP contribution in [0.1, 0.15) is 19.3 Å². The van der Waals surface area contributed by atoms with E-state index in [0.29, 0.717) is 23.3 Å². The number of aliphatic hydroxyl groups is 1. The fourth-order valence-electron chi connectivity index (χ4n) is 3.63. The van der Waals surface area contributed by atoms with Crippen molar-refractivity contribution < 1.29 is 13.5 Å². The van der Waals surface area contributed by atoms with E-state index in [2.05, 4.69) is 4.90 Å². The van der Waals surface area contributed by atoms with Crippen molar-refractivity contribution in [2.45, 2.75) is 31.4 Å². The summed E-state index contributed by atoms with van der Waals surface area (Å²) in [6.07, 6.45) is 2.69. The molecule has 0 bridgehead atoms. The van der Waals surface area contributed by atoms with Crippen LogP contribution in [0.4, 0.5) is 0 Å². The predicted molar refractivity (Wildman–Crippen MR) is 60.9 cm³/mol. The predicted octanol–water partition coefficient (Wildman–Crippen LogP) is -0.124. The van der Waals surface area contributed by atoms with E-state index in [1.807, 2.05) is 0 Å². The normalized spacial score (nSPS) is 47.3. The van der Waals surface area contributed by atoms with Crippen LogP contribution in [0.25, 0.3) is 0 Å². The summed E-state index contributed by atoms with van der Waals surface area (Å²) in [6, 6.07) is 0.225. The maximum absolute atomic E-state index is 11.4. The lowest BCUT2D eigenvalue weighted by atomic mass is 10.00. The molecule has 4 atom stereocenters. The Morgan fingerprint density at radius 3 is 2.56 bits per heavy atom. The van der Waals surface area contributed by atoms with Gasteiger partial charge in [0.25, 0.3) is 0 Å². The van der Waals surface area contributed by atoms with Gasteiger partial charge in [-0.1, -0.05) is 0 Å². The molecule has 3 fully saturated rings. The first-order valence-electron chi connectivity index (χ1n) is 6.18. The van der Waals surface area contributed by atoms with Crippen molar-refractivity contribution in [1.82, 2.24) is 4.90 Å². The summed E-state index contributed by atoms with van der Waals surface area (Å²) in [4.78, 5) is 2.31. The van der Waals surface area contributed by atoms with E-state index in [-0.39, 0.29) is 12.1 Å². The van der Waals surface area contributed by atoms with Gasteiger partial charge in [-0.3, -0.25) is 4.90 Å². The van der Waals surface area contributed by atoms with Crippen LogP contribution in [0.2, 0.25) is 0 Å². The lowest BCUT2D eigenvalue weighted by Gasteiger charge is -2.23. The monoisotopic (exact) mass is 245 g/mol. The summed E-state index contributed by atoms with van der Waals surface area (Å²) in [6.45, 7) is 1.91. The molecular formula is C11H19NO3S. The third kappa shape index (κ3) is 1.79. The number of likely N-dealkylation sites (tertiary alicyclic amines) is 1. The SMILES string of the molecule is O=S1(=O)CCC(N2CC3CCC(O)C3C2)C1. The van der Waals surface area contributed by atoms with Crippen LogP contribution >= 0.6 is 0 Å². The molecule has 3 aliphatic rings. The molecule has 0 amide bonds. The molecule has 0 radical (unpaired) electrons. The lowest BCUT2D eigenvalue weighted by molar-refractivity contribution is 0.120. The molecule has 2 aliphatic heterocycles. The van der Waals surface area contributed by atoms with Crippen LogP contribution in [0.3, 0.4) is 0 Å². The molecule has 3 rings (SSSR count). The highest BCUT2D eigenvalue weighted by atomic mass is 32.2. The third-order valence-corrected chi connectivity index (χ3v) is 6.32. The van der Waals surface area contributed by atoms with Crippen LogP contribution in [-0.2, 0) is 9.84 Å². The van der Waals surface area contributed by atoms with Crippen LogP contribution in [0.15, 0.2) is 0 Å². The van der Waals surface area contributed by atoms with E-state index >= 15 is 0 Å². The molecule has 16 heavy (non-hydrogen) atoms. The minimum Gasteiger partial charge on any atom is -0.393 e. The minimum atomic E-state index is -2.77. The van der Waals surface area contributed by atoms with Crippen LogP contribution in [-0.4, -0.2) is 55.2 Å². The second kappa shape index (κ2) is 3.68. The largest absolute Gasteiger partial charge is 0.393 e. The van der Waals surface area contributed by atoms with Gasteiger partial charge in [-0.15, -0.1) is 0 Å². The summed E-state index contributed by atoms with van der Waals surface area (Å²) in [5.74, 6) is 1.70. The van der Waals surface area contributed by atoms with E-state index in [1.54, 1.807) is 0 Å². The van der Waals surface area contributed by atoms with Crippen molar-refractivity contribution in [3.8, 4) is 0 Å². The first-order chi connectivity index (χ1) is 7.55. The number of sulfone groups is 1. The molecule has 1 N–H and O–H groups in total. The smallest absolute Gasteiger partial charge is 0.151 e. The van der Waals surface area contributed by atoms with Crippen LogP contribution in [0, 0.1) is 11.8 Å². The van der Waals surface area contributed by atoms with E-state index < -0.39 is 9.84 Å². The highest BCUT2D eigenvalue weighted by Crippen LogP contribution is 2.39. The van der Waals surface area contributed by atoms with Crippen molar-refractivity contribution in [2.24, 2.45) is 11.8 Å². The molecule has 0 aromatic heterocycles. The van der Waals surface area contributed by atoms with Gasteiger partial charge in [-0.2, -0.15) is 0 Å². The molecule has 0 spiro atoms. The number of fused-ring (bicyclic) bond motifs is 1. The van der Waals surface area contributed by atoms with Crippen molar-refractivity contribution in [1.29, 1.82) is 0 Å². The van der Waals surface area contributed by atoms with Crippen molar-refractivity contribution in [3.63, 3.8) is 0 Å². The minimum absolute atomic E-state index is 0.145. The van der Waals surface area contributed by atoms with E-state index in [9.17, 15) is 13.5 Å². The summed E-state index contributed by atoms with van der Waals surface area (Å²) in [5.41, 5.74) is 0. The first-order valence-corrected chi connectivity index (χ1v) is 8.00. The molecule has 1 saturated carbocycles. The molecule has 5 heteroatoms. The van der Waals surface area contributed by atoms with Crippen molar-refractivity contribution in [2.75, 3.05) is 24.6 Å². The van der Waals surface area contributed by atoms with Crippen molar-refractivity contribution in [3.05, 3.63) is 0 Å². The summed E-state index contributed by atoms with van der Waals surface area (Å²) in [5, 5.41) is 9.82. The van der Waals surface area contributed by atoms with Crippen LogP contribution < -0.4 is 0 Å². The summed E-state index contributed by atoms with van der Waals surface area (Å²) in [7, 11) is -2.77. The second-order valence-electron chi connectivity index (χ2n) is 5.58. The summed E-state index contributed by atoms with van der Waals surface area (Å²) < 4.78 is 22.9. The highest BCUT2D eigenvalue weighted by molar-refractivity contribution is 7.91. The van der Waals surface area contributed by atoms with Gasteiger partial charge in [0.15, 0.2) is 9.84 Å². The molecule has 0 aromatic rings. The number of hydrogen-bond acceptors (Lipinski definition) is 4. The Morgan fingerprint density at radius 2 is 1.94 bits per heavy atom.